The van der Waals surface area contributed by atoms with Crippen LogP contribution >= 0.6 is 11.3 Å². The van der Waals surface area contributed by atoms with Crippen molar-refractivity contribution in [2.24, 2.45) is 0 Å². The van der Waals surface area contributed by atoms with Gasteiger partial charge in [-0.25, -0.2) is 4.79 Å². The number of halogens is 3. The lowest BCUT2D eigenvalue weighted by Gasteiger charge is -2.10. The summed E-state index contributed by atoms with van der Waals surface area (Å²) in [6.07, 6.45) is -4.43. The van der Waals surface area contributed by atoms with Crippen LogP contribution in [0.15, 0.2) is 17.5 Å². The van der Waals surface area contributed by atoms with Crippen molar-refractivity contribution in [1.29, 1.82) is 0 Å². The van der Waals surface area contributed by atoms with Gasteiger partial charge < -0.3 is 9.67 Å². The third-order valence-electron chi connectivity index (χ3n) is 2.06. The van der Waals surface area contributed by atoms with E-state index in [4.69, 9.17) is 5.11 Å². The Kier molecular flexibility index (Phi) is 2.42. The van der Waals surface area contributed by atoms with Gasteiger partial charge in [0.15, 0.2) is 0 Å². The Labute approximate surface area is 91.7 Å². The molecule has 0 saturated heterocycles. The molecule has 86 valence electrons. The van der Waals surface area contributed by atoms with Crippen LogP contribution in [0.5, 0.6) is 0 Å². The lowest BCUT2D eigenvalue weighted by molar-refractivity contribution is -0.140. The smallest absolute Gasteiger partial charge is 0.406 e. The van der Waals surface area contributed by atoms with Crippen molar-refractivity contribution in [2.45, 2.75) is 12.7 Å². The van der Waals surface area contributed by atoms with Crippen LogP contribution in [0.3, 0.4) is 0 Å². The van der Waals surface area contributed by atoms with Crippen LogP contribution in [-0.4, -0.2) is 21.8 Å². The summed E-state index contributed by atoms with van der Waals surface area (Å²) in [5.41, 5.74) is -0.334. The van der Waals surface area contributed by atoms with Gasteiger partial charge in [-0.15, -0.1) is 11.3 Å². The average Bonchev–Trinajstić information content (AvgIpc) is 2.65. The Morgan fingerprint density at radius 2 is 2.19 bits per heavy atom. The first kappa shape index (κ1) is 11.0. The molecule has 0 atom stereocenters. The quantitative estimate of drug-likeness (QED) is 0.889. The number of aromatic carboxylic acids is 1. The first-order valence-corrected chi connectivity index (χ1v) is 5.13. The number of nitrogens with zero attached hydrogens (tertiary/aromatic N) is 1. The molecule has 3 nitrogen and oxygen atoms in total. The molecule has 0 aliphatic rings. The van der Waals surface area contributed by atoms with Crippen molar-refractivity contribution < 1.29 is 23.1 Å². The summed E-state index contributed by atoms with van der Waals surface area (Å²) >= 11 is 1.09. The highest BCUT2D eigenvalue weighted by Gasteiger charge is 2.31. The zero-order chi connectivity index (χ0) is 11.9. The van der Waals surface area contributed by atoms with Gasteiger partial charge in [0.25, 0.3) is 0 Å². The summed E-state index contributed by atoms with van der Waals surface area (Å²) in [6.45, 7) is -1.28. The molecule has 0 fully saturated rings. The van der Waals surface area contributed by atoms with Crippen LogP contribution in [0.4, 0.5) is 13.2 Å². The van der Waals surface area contributed by atoms with Crippen LogP contribution < -0.4 is 0 Å². The lowest BCUT2D eigenvalue weighted by atomic mass is 10.3. The van der Waals surface area contributed by atoms with Crippen molar-refractivity contribution in [2.75, 3.05) is 0 Å². The molecule has 1 N–H and O–H groups in total. The second-order valence-electron chi connectivity index (χ2n) is 3.22. The molecule has 2 rings (SSSR count). The van der Waals surface area contributed by atoms with Crippen LogP contribution in [0.25, 0.3) is 10.2 Å². The van der Waals surface area contributed by atoms with Crippen molar-refractivity contribution in [3.8, 4) is 0 Å². The van der Waals surface area contributed by atoms with Crippen molar-refractivity contribution >= 4 is 27.5 Å². The molecule has 0 aliphatic heterocycles. The number of carbonyl (C=O) groups is 1. The summed E-state index contributed by atoms with van der Waals surface area (Å²) < 4.78 is 37.6. The van der Waals surface area contributed by atoms with Gasteiger partial charge in [0.2, 0.25) is 0 Å². The number of hydrogen-bond acceptors (Lipinski definition) is 2. The number of carboxylic acids is 1. The van der Waals surface area contributed by atoms with Gasteiger partial charge in [-0.1, -0.05) is 0 Å². The maximum atomic E-state index is 12.3. The average molecular weight is 249 g/mol. The minimum absolute atomic E-state index is 0.328. The highest BCUT2D eigenvalue weighted by atomic mass is 32.1. The largest absolute Gasteiger partial charge is 0.477 e. The SMILES string of the molecule is O=C(O)c1cc2ccsc2n1CC(F)(F)F. The van der Waals surface area contributed by atoms with Gasteiger partial charge in [0, 0.05) is 5.39 Å². The van der Waals surface area contributed by atoms with Crippen LogP contribution in [0, 0.1) is 0 Å². The molecule has 2 aromatic rings. The van der Waals surface area contributed by atoms with Crippen LogP contribution in [0.2, 0.25) is 0 Å². The van der Waals surface area contributed by atoms with E-state index >= 15 is 0 Å². The number of thiophene rings is 1. The second-order valence-corrected chi connectivity index (χ2v) is 4.11. The highest BCUT2D eigenvalue weighted by Crippen LogP contribution is 2.29. The molecule has 0 aliphatic carbocycles. The number of hydrogen-bond donors (Lipinski definition) is 1. The Bertz CT molecular complexity index is 540. The van der Waals surface area contributed by atoms with Gasteiger partial charge in [-0.3, -0.25) is 0 Å². The molecular formula is C9H6F3NO2S. The van der Waals surface area contributed by atoms with Crippen LogP contribution in [-0.2, 0) is 6.54 Å². The number of aromatic nitrogens is 1. The summed E-state index contributed by atoms with van der Waals surface area (Å²) in [5, 5.41) is 10.9. The lowest BCUT2D eigenvalue weighted by Crippen LogP contribution is -2.20. The fourth-order valence-corrected chi connectivity index (χ4v) is 2.39. The molecule has 0 amide bonds. The number of carboxylic acid groups (broad SMARTS) is 1. The minimum atomic E-state index is -4.43. The van der Waals surface area contributed by atoms with E-state index in [0.717, 1.165) is 15.9 Å². The molecule has 0 spiro atoms. The van der Waals surface area contributed by atoms with Gasteiger partial charge in [0.1, 0.15) is 17.1 Å². The number of rotatable bonds is 2. The fraction of sp³-hybridized carbons (Fsp3) is 0.222. The van der Waals surface area contributed by atoms with E-state index in [2.05, 4.69) is 0 Å². The fourth-order valence-electron chi connectivity index (χ4n) is 1.49. The van der Waals surface area contributed by atoms with Gasteiger partial charge >= 0.3 is 12.1 Å². The first-order valence-electron chi connectivity index (χ1n) is 4.25. The Balaban J connectivity index is 2.58. The van der Waals surface area contributed by atoms with E-state index in [1.807, 2.05) is 0 Å². The Morgan fingerprint density at radius 3 is 2.75 bits per heavy atom. The predicted molar refractivity (Wildman–Crippen MR) is 52.8 cm³/mol. The van der Waals surface area contributed by atoms with Gasteiger partial charge in [-0.05, 0) is 17.5 Å². The van der Waals surface area contributed by atoms with E-state index in [0.29, 0.717) is 10.2 Å². The zero-order valence-electron chi connectivity index (χ0n) is 7.78. The molecule has 16 heavy (non-hydrogen) atoms. The third-order valence-corrected chi connectivity index (χ3v) is 3.01. The summed E-state index contributed by atoms with van der Waals surface area (Å²) in [7, 11) is 0. The number of fused-ring (bicyclic) bond motifs is 1. The Morgan fingerprint density at radius 1 is 1.50 bits per heavy atom. The molecule has 0 unspecified atom stereocenters. The van der Waals surface area contributed by atoms with Crippen molar-refractivity contribution in [3.63, 3.8) is 0 Å². The van der Waals surface area contributed by atoms with Crippen molar-refractivity contribution in [3.05, 3.63) is 23.2 Å². The van der Waals surface area contributed by atoms with Crippen molar-refractivity contribution in [1.82, 2.24) is 4.57 Å². The van der Waals surface area contributed by atoms with E-state index in [1.54, 1.807) is 11.4 Å². The molecule has 2 heterocycles. The molecule has 0 radical (unpaired) electrons. The van der Waals surface area contributed by atoms with Gasteiger partial charge in [0.05, 0.1) is 0 Å². The second kappa shape index (κ2) is 3.51. The first-order chi connectivity index (χ1) is 7.38. The minimum Gasteiger partial charge on any atom is -0.477 e. The topological polar surface area (TPSA) is 42.2 Å². The molecule has 2 aromatic heterocycles. The summed E-state index contributed by atoms with van der Waals surface area (Å²) in [4.78, 5) is 11.1. The van der Waals surface area contributed by atoms with Crippen LogP contribution in [0.1, 0.15) is 10.5 Å². The normalized spacial score (nSPS) is 12.2. The molecular weight excluding hydrogens is 243 g/mol. The maximum Gasteiger partial charge on any atom is 0.406 e. The molecule has 0 aromatic carbocycles. The summed E-state index contributed by atoms with van der Waals surface area (Å²) in [6, 6.07) is 2.85. The zero-order valence-corrected chi connectivity index (χ0v) is 8.60. The monoisotopic (exact) mass is 249 g/mol. The molecule has 7 heteroatoms. The third kappa shape index (κ3) is 1.90. The van der Waals surface area contributed by atoms with E-state index < -0.39 is 18.7 Å². The maximum absolute atomic E-state index is 12.3. The van der Waals surface area contributed by atoms with E-state index in [-0.39, 0.29) is 5.69 Å². The van der Waals surface area contributed by atoms with Gasteiger partial charge in [-0.2, -0.15) is 13.2 Å². The predicted octanol–water partition coefficient (Wildman–Crippen LogP) is 2.96. The molecule has 0 saturated carbocycles. The van der Waals surface area contributed by atoms with E-state index in [1.165, 1.54) is 6.07 Å². The summed E-state index contributed by atoms with van der Waals surface area (Å²) in [5.74, 6) is -1.35. The highest BCUT2D eigenvalue weighted by molar-refractivity contribution is 7.16. The standard InChI is InChI=1S/C9H6F3NO2S/c10-9(11,12)4-13-6(8(14)15)3-5-1-2-16-7(5)13/h1-3H,4H2,(H,14,15). The molecule has 0 bridgehead atoms. The van der Waals surface area contributed by atoms with E-state index in [9.17, 15) is 18.0 Å². The Hall–Kier alpha value is -1.50. The number of alkyl halides is 3.